The van der Waals surface area contributed by atoms with Gasteiger partial charge in [-0.1, -0.05) is 24.3 Å². The number of carboxylic acids is 1. The molecule has 2 N–H and O–H groups in total. The molecule has 40 heavy (non-hydrogen) atoms. The lowest BCUT2D eigenvalue weighted by Gasteiger charge is -2.37. The van der Waals surface area contributed by atoms with Gasteiger partial charge < -0.3 is 15.2 Å². The van der Waals surface area contributed by atoms with Crippen LogP contribution in [0, 0.1) is 19.7 Å². The van der Waals surface area contributed by atoms with Crippen molar-refractivity contribution in [2.24, 2.45) is 0 Å². The molecule has 0 saturated heterocycles. The quantitative estimate of drug-likeness (QED) is 0.373. The van der Waals surface area contributed by atoms with Crippen LogP contribution in [0.25, 0.3) is 22.3 Å². The van der Waals surface area contributed by atoms with Gasteiger partial charge in [-0.25, -0.2) is 17.6 Å². The Labute approximate surface area is 235 Å². The van der Waals surface area contributed by atoms with Crippen molar-refractivity contribution in [2.45, 2.75) is 65.7 Å². The molecule has 3 aromatic carbocycles. The highest BCUT2D eigenvalue weighted by Crippen LogP contribution is 2.52. The van der Waals surface area contributed by atoms with Crippen LogP contribution in [0.15, 0.2) is 36.4 Å². The number of aliphatic carboxylic acids is 1. The molecule has 0 fully saturated rings. The molecule has 0 amide bonds. The molecule has 0 unspecified atom stereocenters. The highest BCUT2D eigenvalue weighted by atomic mass is 32.2. The van der Waals surface area contributed by atoms with Crippen molar-refractivity contribution in [1.29, 1.82) is 0 Å². The van der Waals surface area contributed by atoms with E-state index in [9.17, 15) is 18.3 Å². The molecule has 5 rings (SSSR count). The number of carbonyl (C=O) groups is 1. The maximum Gasteiger partial charge on any atom is 0.337 e. The van der Waals surface area contributed by atoms with Crippen molar-refractivity contribution in [1.82, 2.24) is 0 Å². The number of carboxylic acid groups (broad SMARTS) is 1. The lowest BCUT2D eigenvalue weighted by molar-refractivity contribution is -0.160. The highest BCUT2D eigenvalue weighted by Gasteiger charge is 2.39. The van der Waals surface area contributed by atoms with Gasteiger partial charge in [-0.15, -0.1) is 0 Å². The largest absolute Gasteiger partial charge is 0.479 e. The first-order valence-electron chi connectivity index (χ1n) is 13.4. The highest BCUT2D eigenvalue weighted by molar-refractivity contribution is 7.92. The van der Waals surface area contributed by atoms with Gasteiger partial charge >= 0.3 is 5.97 Å². The second-order valence-electron chi connectivity index (χ2n) is 11.7. The number of hydrogen-bond acceptors (Lipinski definition) is 5. The smallest absolute Gasteiger partial charge is 0.337 e. The number of rotatable bonds is 5. The first-order valence-corrected chi connectivity index (χ1v) is 15.2. The van der Waals surface area contributed by atoms with Crippen molar-refractivity contribution in [3.05, 3.63) is 70.0 Å². The van der Waals surface area contributed by atoms with Crippen LogP contribution in [0.3, 0.4) is 0 Å². The van der Waals surface area contributed by atoms with Crippen LogP contribution in [-0.2, 0) is 32.5 Å². The van der Waals surface area contributed by atoms with E-state index < -0.39 is 33.5 Å². The zero-order valence-corrected chi connectivity index (χ0v) is 24.5. The van der Waals surface area contributed by atoms with Gasteiger partial charge in [-0.05, 0) is 93.0 Å². The first-order chi connectivity index (χ1) is 18.7. The number of ether oxygens (including phenoxy) is 1. The van der Waals surface area contributed by atoms with E-state index in [1.54, 1.807) is 39.8 Å². The van der Waals surface area contributed by atoms with Gasteiger partial charge in [0.1, 0.15) is 5.82 Å². The Hall–Kier alpha value is -3.43. The number of fused-ring (bicyclic) bond motifs is 4. The van der Waals surface area contributed by atoms with E-state index in [4.69, 9.17) is 4.74 Å². The van der Waals surface area contributed by atoms with E-state index >= 15 is 4.39 Å². The lowest BCUT2D eigenvalue weighted by Crippen LogP contribution is -2.35. The van der Waals surface area contributed by atoms with Gasteiger partial charge in [0.05, 0.1) is 24.1 Å². The van der Waals surface area contributed by atoms with E-state index in [1.165, 1.54) is 15.9 Å². The van der Waals surface area contributed by atoms with Crippen molar-refractivity contribution < 1.29 is 27.4 Å². The summed E-state index contributed by atoms with van der Waals surface area (Å²) in [5, 5.41) is 13.9. The van der Waals surface area contributed by atoms with Gasteiger partial charge in [0.15, 0.2) is 6.10 Å². The first kappa shape index (κ1) is 28.1. The Balaban J connectivity index is 1.95. The Morgan fingerprint density at radius 1 is 1.07 bits per heavy atom. The van der Waals surface area contributed by atoms with Crippen LogP contribution in [-0.4, -0.2) is 37.9 Å². The molecule has 0 aliphatic carbocycles. The van der Waals surface area contributed by atoms with Gasteiger partial charge in [0.2, 0.25) is 10.0 Å². The standard InChI is InChI=1S/C31H35FN2O5S/c1-17-24(20-13-12-19-10-8-14-33-23(19)15-20)26(29(30(35)36)39-31(3,4)5)18(2)28-25(17)27-21(9-7-11-22(27)32)16-34(28)40(6,37)38/h7,9,11-13,15,29,33H,8,10,14,16H2,1-6H3,(H,35,36)/t29-/m0/s1. The topological polar surface area (TPSA) is 95.9 Å². The fraction of sp³-hybridized carbons (Fsp3) is 0.387. The summed E-state index contributed by atoms with van der Waals surface area (Å²) < 4.78 is 49.2. The molecule has 2 aliphatic rings. The molecule has 2 aliphatic heterocycles. The molecule has 3 aromatic rings. The van der Waals surface area contributed by atoms with Gasteiger partial charge in [0.25, 0.3) is 0 Å². The summed E-state index contributed by atoms with van der Waals surface area (Å²) in [5.74, 6) is -1.65. The summed E-state index contributed by atoms with van der Waals surface area (Å²) in [6.45, 7) is 9.63. The minimum atomic E-state index is -3.81. The summed E-state index contributed by atoms with van der Waals surface area (Å²) in [6, 6.07) is 10.7. The minimum absolute atomic E-state index is 0.0569. The summed E-state index contributed by atoms with van der Waals surface area (Å²) in [6.07, 6.45) is 1.67. The van der Waals surface area contributed by atoms with Crippen LogP contribution < -0.4 is 9.62 Å². The van der Waals surface area contributed by atoms with E-state index in [0.717, 1.165) is 36.9 Å². The van der Waals surface area contributed by atoms with Crippen LogP contribution in [0.4, 0.5) is 15.8 Å². The monoisotopic (exact) mass is 566 g/mol. The number of anilines is 2. The average Bonchev–Trinajstić information content (AvgIpc) is 2.87. The Morgan fingerprint density at radius 3 is 2.45 bits per heavy atom. The van der Waals surface area contributed by atoms with Crippen LogP contribution in [0.1, 0.15) is 61.1 Å². The summed E-state index contributed by atoms with van der Waals surface area (Å²) in [5.41, 5.74) is 5.69. The normalized spacial score (nSPS) is 15.5. The predicted octanol–water partition coefficient (Wildman–Crippen LogP) is 6.36. The zero-order chi connectivity index (χ0) is 29.1. The lowest BCUT2D eigenvalue weighted by atomic mass is 9.79. The molecule has 9 heteroatoms. The summed E-state index contributed by atoms with van der Waals surface area (Å²) in [7, 11) is -3.81. The third-order valence-electron chi connectivity index (χ3n) is 7.62. The van der Waals surface area contributed by atoms with Crippen molar-refractivity contribution >= 4 is 27.4 Å². The molecule has 7 nitrogen and oxygen atoms in total. The fourth-order valence-corrected chi connectivity index (χ4v) is 6.96. The second-order valence-corrected chi connectivity index (χ2v) is 13.6. The third-order valence-corrected chi connectivity index (χ3v) is 8.74. The molecule has 0 radical (unpaired) electrons. The second kappa shape index (κ2) is 9.89. The molecule has 0 bridgehead atoms. The molecule has 2 heterocycles. The number of benzene rings is 3. The van der Waals surface area contributed by atoms with E-state index in [2.05, 4.69) is 5.32 Å². The van der Waals surface area contributed by atoms with Gasteiger partial charge in [-0.3, -0.25) is 4.31 Å². The van der Waals surface area contributed by atoms with E-state index in [1.807, 2.05) is 25.1 Å². The summed E-state index contributed by atoms with van der Waals surface area (Å²) >= 11 is 0. The van der Waals surface area contributed by atoms with Crippen LogP contribution >= 0.6 is 0 Å². The molecule has 1 atom stereocenters. The predicted molar refractivity (Wildman–Crippen MR) is 156 cm³/mol. The van der Waals surface area contributed by atoms with E-state index in [0.29, 0.717) is 38.9 Å². The number of aryl methyl sites for hydroxylation is 1. The number of halogens is 1. The van der Waals surface area contributed by atoms with Crippen LogP contribution in [0.5, 0.6) is 0 Å². The van der Waals surface area contributed by atoms with E-state index in [-0.39, 0.29) is 12.2 Å². The maximum absolute atomic E-state index is 15.6. The minimum Gasteiger partial charge on any atom is -0.479 e. The Kier molecular flexibility index (Phi) is 6.95. The Bertz CT molecular complexity index is 1640. The molecule has 0 aromatic heterocycles. The van der Waals surface area contributed by atoms with Crippen LogP contribution in [0.2, 0.25) is 0 Å². The third kappa shape index (κ3) is 4.86. The number of sulfonamides is 1. The number of nitrogens with one attached hydrogen (secondary N) is 1. The molecular formula is C31H35FN2O5S. The SMILES string of the molecule is Cc1c(-c2ccc3c(c2)NCCC3)c([C@H](OC(C)(C)C)C(=O)O)c(C)c2c1-c1c(F)cccc1CN2S(C)(=O)=O. The van der Waals surface area contributed by atoms with Gasteiger partial charge in [0, 0.05) is 28.9 Å². The van der Waals surface area contributed by atoms with Crippen molar-refractivity contribution in [3.8, 4) is 22.3 Å². The zero-order valence-electron chi connectivity index (χ0n) is 23.7. The fourth-order valence-electron chi connectivity index (χ4n) is 6.02. The van der Waals surface area contributed by atoms with Crippen molar-refractivity contribution in [3.63, 3.8) is 0 Å². The average molecular weight is 567 g/mol. The molecule has 0 saturated carbocycles. The molecular weight excluding hydrogens is 531 g/mol. The van der Waals surface area contributed by atoms with Crippen molar-refractivity contribution in [2.75, 3.05) is 22.4 Å². The summed E-state index contributed by atoms with van der Waals surface area (Å²) in [4.78, 5) is 12.8. The molecule has 212 valence electrons. The molecule has 0 spiro atoms. The number of hydrogen-bond donors (Lipinski definition) is 2. The number of nitrogens with zero attached hydrogens (tertiary/aromatic N) is 1. The van der Waals surface area contributed by atoms with Gasteiger partial charge in [-0.2, -0.15) is 0 Å². The Morgan fingerprint density at radius 2 is 1.80 bits per heavy atom. The maximum atomic E-state index is 15.6.